The van der Waals surface area contributed by atoms with E-state index in [4.69, 9.17) is 5.73 Å². The van der Waals surface area contributed by atoms with Crippen LogP contribution in [0.5, 0.6) is 0 Å². The predicted molar refractivity (Wildman–Crippen MR) is 52.0 cm³/mol. The number of alkyl halides is 3. The van der Waals surface area contributed by atoms with E-state index in [1.54, 1.807) is 22.6 Å². The van der Waals surface area contributed by atoms with E-state index >= 15 is 0 Å². The van der Waals surface area contributed by atoms with Crippen LogP contribution in [0.2, 0.25) is 0 Å². The molecule has 1 aromatic rings. The highest BCUT2D eigenvalue weighted by Gasteiger charge is 2.34. The smallest absolute Gasteiger partial charge is 0.326 e. The first-order valence-electron chi connectivity index (χ1n) is 3.61. The quantitative estimate of drug-likeness (QED) is 0.625. The second-order valence-corrected chi connectivity index (χ2v) is 3.78. The van der Waals surface area contributed by atoms with Crippen LogP contribution in [0.3, 0.4) is 0 Å². The Kier molecular flexibility index (Phi) is 3.36. The maximum Gasteiger partial charge on any atom is 0.416 e. The van der Waals surface area contributed by atoms with Gasteiger partial charge in [-0.15, -0.1) is 0 Å². The molecular weight excluding hydrogens is 313 g/mol. The second kappa shape index (κ2) is 4.01. The summed E-state index contributed by atoms with van der Waals surface area (Å²) >= 11 is 1.63. The lowest BCUT2D eigenvalue weighted by atomic mass is 10.1. The van der Waals surface area contributed by atoms with Gasteiger partial charge in [0.05, 0.1) is 5.56 Å². The Morgan fingerprint density at radius 1 is 1.29 bits per heavy atom. The van der Waals surface area contributed by atoms with Crippen LogP contribution in [0.25, 0.3) is 0 Å². The van der Waals surface area contributed by atoms with Gasteiger partial charge in [0, 0.05) is 10.1 Å². The minimum Gasteiger partial charge on any atom is -0.326 e. The fraction of sp³-hybridized carbons (Fsp3) is 0.250. The third kappa shape index (κ3) is 2.35. The molecule has 14 heavy (non-hydrogen) atoms. The van der Waals surface area contributed by atoms with Gasteiger partial charge in [0.25, 0.3) is 0 Å². The van der Waals surface area contributed by atoms with Crippen molar-refractivity contribution in [2.75, 3.05) is 0 Å². The molecule has 0 aliphatic rings. The van der Waals surface area contributed by atoms with Gasteiger partial charge in [-0.1, -0.05) is 0 Å². The standard InChI is InChI=1S/C8H6F4IN/c9-4-1-6(8(10,11)12)5(3-14)7(13)2-4/h1-2H,3,14H2. The van der Waals surface area contributed by atoms with Gasteiger partial charge in [0.15, 0.2) is 0 Å². The first-order chi connectivity index (χ1) is 6.36. The Balaban J connectivity index is 3.40. The lowest BCUT2D eigenvalue weighted by molar-refractivity contribution is -0.138. The maximum atomic E-state index is 12.7. The molecule has 0 heterocycles. The van der Waals surface area contributed by atoms with Crippen molar-refractivity contribution in [3.8, 4) is 0 Å². The van der Waals surface area contributed by atoms with Gasteiger partial charge < -0.3 is 5.73 Å². The third-order valence-corrected chi connectivity index (χ3v) is 2.63. The van der Waals surface area contributed by atoms with E-state index in [1.807, 2.05) is 0 Å². The fourth-order valence-corrected chi connectivity index (χ4v) is 1.87. The summed E-state index contributed by atoms with van der Waals surface area (Å²) in [5.41, 5.74) is 4.11. The highest BCUT2D eigenvalue weighted by molar-refractivity contribution is 14.1. The van der Waals surface area contributed by atoms with Crippen LogP contribution < -0.4 is 5.73 Å². The zero-order valence-corrected chi connectivity index (χ0v) is 8.99. The van der Waals surface area contributed by atoms with E-state index < -0.39 is 17.6 Å². The molecule has 0 saturated carbocycles. The molecule has 0 unspecified atom stereocenters. The van der Waals surface area contributed by atoms with Crippen LogP contribution in [0.1, 0.15) is 11.1 Å². The molecule has 0 amide bonds. The summed E-state index contributed by atoms with van der Waals surface area (Å²) in [7, 11) is 0. The van der Waals surface area contributed by atoms with Crippen LogP contribution in [-0.4, -0.2) is 0 Å². The summed E-state index contributed by atoms with van der Waals surface area (Å²) in [6, 6.07) is 1.49. The monoisotopic (exact) mass is 319 g/mol. The first kappa shape index (κ1) is 11.7. The molecule has 1 aromatic carbocycles. The molecule has 0 aliphatic carbocycles. The van der Waals surface area contributed by atoms with Crippen molar-refractivity contribution in [3.63, 3.8) is 0 Å². The van der Waals surface area contributed by atoms with Crippen molar-refractivity contribution < 1.29 is 17.6 Å². The molecule has 78 valence electrons. The van der Waals surface area contributed by atoms with Crippen molar-refractivity contribution in [2.45, 2.75) is 12.7 Å². The van der Waals surface area contributed by atoms with Crippen molar-refractivity contribution in [2.24, 2.45) is 5.73 Å². The number of hydrogen-bond acceptors (Lipinski definition) is 1. The Morgan fingerprint density at radius 3 is 2.29 bits per heavy atom. The molecule has 0 aliphatic heterocycles. The van der Waals surface area contributed by atoms with Crippen molar-refractivity contribution in [1.82, 2.24) is 0 Å². The van der Waals surface area contributed by atoms with Crippen molar-refractivity contribution in [3.05, 3.63) is 32.6 Å². The molecule has 1 rings (SSSR count). The third-order valence-electron chi connectivity index (χ3n) is 1.67. The molecular formula is C8H6F4IN. The molecule has 0 saturated heterocycles. The Bertz CT molecular complexity index is 348. The summed E-state index contributed by atoms with van der Waals surface area (Å²) in [6.45, 7) is -0.257. The van der Waals surface area contributed by atoms with E-state index in [9.17, 15) is 17.6 Å². The molecule has 0 fully saturated rings. The zero-order chi connectivity index (χ0) is 10.9. The van der Waals surface area contributed by atoms with Crippen LogP contribution in [0.4, 0.5) is 17.6 Å². The minimum absolute atomic E-state index is 0.0699. The average molecular weight is 319 g/mol. The molecule has 2 N–H and O–H groups in total. The summed E-state index contributed by atoms with van der Waals surface area (Å²) in [5, 5.41) is 0. The van der Waals surface area contributed by atoms with Gasteiger partial charge in [0.1, 0.15) is 5.82 Å². The van der Waals surface area contributed by atoms with Crippen LogP contribution in [0, 0.1) is 9.39 Å². The van der Waals surface area contributed by atoms with E-state index in [2.05, 4.69) is 0 Å². The highest BCUT2D eigenvalue weighted by atomic mass is 127. The molecule has 0 spiro atoms. The zero-order valence-electron chi connectivity index (χ0n) is 6.83. The number of hydrogen-bond donors (Lipinski definition) is 1. The summed E-state index contributed by atoms with van der Waals surface area (Å²) in [6.07, 6.45) is -4.56. The highest BCUT2D eigenvalue weighted by Crippen LogP contribution is 2.34. The molecule has 0 bridgehead atoms. The van der Waals surface area contributed by atoms with E-state index in [-0.39, 0.29) is 15.7 Å². The van der Waals surface area contributed by atoms with Crippen molar-refractivity contribution in [1.29, 1.82) is 0 Å². The number of rotatable bonds is 1. The molecule has 0 atom stereocenters. The number of halogens is 5. The van der Waals surface area contributed by atoms with E-state index in [1.165, 1.54) is 0 Å². The topological polar surface area (TPSA) is 26.0 Å². The fourth-order valence-electron chi connectivity index (χ4n) is 1.06. The lowest BCUT2D eigenvalue weighted by Gasteiger charge is -2.13. The number of nitrogens with two attached hydrogens (primary N) is 1. The van der Waals surface area contributed by atoms with Gasteiger partial charge in [-0.3, -0.25) is 0 Å². The van der Waals surface area contributed by atoms with Crippen molar-refractivity contribution >= 4 is 22.6 Å². The minimum atomic E-state index is -4.56. The normalized spacial score (nSPS) is 11.9. The Morgan fingerprint density at radius 2 is 1.86 bits per heavy atom. The summed E-state index contributed by atoms with van der Waals surface area (Å²) in [4.78, 5) is 0. The summed E-state index contributed by atoms with van der Waals surface area (Å²) < 4.78 is 50.0. The Labute approximate surface area is 91.4 Å². The first-order valence-corrected chi connectivity index (χ1v) is 4.69. The Hall–Kier alpha value is -0.370. The molecule has 1 nitrogen and oxygen atoms in total. The lowest BCUT2D eigenvalue weighted by Crippen LogP contribution is -2.14. The SMILES string of the molecule is NCc1c(I)cc(F)cc1C(F)(F)F. The van der Waals surface area contributed by atoms with E-state index in [0.717, 1.165) is 6.07 Å². The molecule has 0 aromatic heterocycles. The van der Waals surface area contributed by atoms with E-state index in [0.29, 0.717) is 6.07 Å². The molecule has 6 heteroatoms. The van der Waals surface area contributed by atoms with Gasteiger partial charge >= 0.3 is 6.18 Å². The predicted octanol–water partition coefficient (Wildman–Crippen LogP) is 2.91. The number of benzene rings is 1. The van der Waals surface area contributed by atoms with Crippen LogP contribution in [0.15, 0.2) is 12.1 Å². The summed E-state index contributed by atoms with van der Waals surface area (Å²) in [5.74, 6) is -0.904. The molecule has 0 radical (unpaired) electrons. The van der Waals surface area contributed by atoms with Gasteiger partial charge in [-0.2, -0.15) is 13.2 Å². The van der Waals surface area contributed by atoms with Gasteiger partial charge in [0.2, 0.25) is 0 Å². The van der Waals surface area contributed by atoms with Crippen LogP contribution in [-0.2, 0) is 12.7 Å². The largest absolute Gasteiger partial charge is 0.416 e. The van der Waals surface area contributed by atoms with Gasteiger partial charge in [-0.05, 0) is 40.3 Å². The van der Waals surface area contributed by atoms with Gasteiger partial charge in [-0.25, -0.2) is 4.39 Å². The maximum absolute atomic E-state index is 12.7. The van der Waals surface area contributed by atoms with Crippen LogP contribution >= 0.6 is 22.6 Å². The second-order valence-electron chi connectivity index (χ2n) is 2.62. The average Bonchev–Trinajstić information content (AvgIpc) is 2.01.